The maximum absolute atomic E-state index is 5.53. The van der Waals surface area contributed by atoms with Crippen molar-refractivity contribution in [2.75, 3.05) is 26.0 Å². The van der Waals surface area contributed by atoms with Crippen molar-refractivity contribution in [3.05, 3.63) is 12.2 Å². The van der Waals surface area contributed by atoms with Gasteiger partial charge in [0, 0.05) is 12.4 Å². The van der Waals surface area contributed by atoms with Crippen molar-refractivity contribution >= 4 is 11.6 Å². The first-order valence-electron chi connectivity index (χ1n) is 3.11. The van der Waals surface area contributed by atoms with Gasteiger partial charge >= 0.3 is 0 Å². The van der Waals surface area contributed by atoms with E-state index in [1.54, 1.807) is 0 Å². The smallest absolute Gasteiger partial charge is 0.0443 e. The normalized spacial score (nSPS) is 10.2. The fourth-order valence-electron chi connectivity index (χ4n) is 0.536. The highest BCUT2D eigenvalue weighted by atomic mass is 35.5. The lowest BCUT2D eigenvalue weighted by atomic mass is 10.3. The highest BCUT2D eigenvalue weighted by Crippen LogP contribution is 1.95. The lowest BCUT2D eigenvalue weighted by Gasteiger charge is -2.13. The topological polar surface area (TPSA) is 3.24 Å². The van der Waals surface area contributed by atoms with Crippen LogP contribution in [0.4, 0.5) is 0 Å². The first kappa shape index (κ1) is 8.99. The summed E-state index contributed by atoms with van der Waals surface area (Å²) in [5.41, 5.74) is 1.08. The molecule has 9 heavy (non-hydrogen) atoms. The van der Waals surface area contributed by atoms with E-state index in [0.29, 0.717) is 5.88 Å². The third kappa shape index (κ3) is 4.49. The van der Waals surface area contributed by atoms with E-state index in [1.165, 1.54) is 0 Å². The average molecular weight is 148 g/mol. The molecule has 0 aromatic heterocycles. The molecule has 0 aliphatic carbocycles. The summed E-state index contributed by atoms with van der Waals surface area (Å²) < 4.78 is 0. The van der Waals surface area contributed by atoms with E-state index in [0.717, 1.165) is 18.7 Å². The summed E-state index contributed by atoms with van der Waals surface area (Å²) in [5.74, 6) is 0.574. The summed E-state index contributed by atoms with van der Waals surface area (Å²) in [7, 11) is 2.05. The number of likely N-dealkylation sites (N-methyl/N-ethyl adjacent to an activating group) is 1. The average Bonchev–Trinajstić information content (AvgIpc) is 1.87. The molecule has 0 aliphatic rings. The molecule has 0 saturated heterocycles. The number of nitrogens with zero attached hydrogens (tertiary/aromatic N) is 1. The van der Waals surface area contributed by atoms with Crippen molar-refractivity contribution in [3.63, 3.8) is 0 Å². The second-order valence-corrected chi connectivity index (χ2v) is 2.48. The van der Waals surface area contributed by atoms with Gasteiger partial charge in [0.15, 0.2) is 0 Å². The quantitative estimate of drug-likeness (QED) is 0.433. The van der Waals surface area contributed by atoms with E-state index in [4.69, 9.17) is 11.6 Å². The van der Waals surface area contributed by atoms with Crippen LogP contribution in [0, 0.1) is 0 Å². The van der Waals surface area contributed by atoms with E-state index >= 15 is 0 Å². The molecule has 0 saturated carbocycles. The summed E-state index contributed by atoms with van der Waals surface area (Å²) in [5, 5.41) is 0. The molecule has 0 N–H and O–H groups in total. The van der Waals surface area contributed by atoms with E-state index < -0.39 is 0 Å². The number of hydrogen-bond donors (Lipinski definition) is 0. The maximum Gasteiger partial charge on any atom is 0.0443 e. The molecule has 0 heterocycles. The molecular formula is C7H14ClN. The van der Waals surface area contributed by atoms with Gasteiger partial charge in [0.2, 0.25) is 0 Å². The van der Waals surface area contributed by atoms with Crippen LogP contribution in [0.25, 0.3) is 0 Å². The zero-order valence-corrected chi connectivity index (χ0v) is 6.91. The van der Waals surface area contributed by atoms with Crippen molar-refractivity contribution < 1.29 is 0 Å². The van der Waals surface area contributed by atoms with E-state index in [9.17, 15) is 0 Å². The van der Waals surface area contributed by atoms with Crippen LogP contribution < -0.4 is 0 Å². The van der Waals surface area contributed by atoms with Gasteiger partial charge in [0.05, 0.1) is 0 Å². The minimum atomic E-state index is 0.574. The molecule has 0 amide bonds. The number of alkyl halides is 1. The van der Waals surface area contributed by atoms with Gasteiger partial charge in [-0.1, -0.05) is 13.5 Å². The first-order valence-corrected chi connectivity index (χ1v) is 3.65. The molecule has 0 unspecified atom stereocenters. The molecule has 0 aliphatic heterocycles. The highest BCUT2D eigenvalue weighted by Gasteiger charge is 1.95. The van der Waals surface area contributed by atoms with Gasteiger partial charge in [-0.15, -0.1) is 11.6 Å². The Morgan fingerprint density at radius 1 is 1.67 bits per heavy atom. The molecule has 0 rings (SSSR count). The van der Waals surface area contributed by atoms with Gasteiger partial charge in [-0.25, -0.2) is 0 Å². The Kier molecular flexibility index (Phi) is 4.83. The lowest BCUT2D eigenvalue weighted by Crippen LogP contribution is -2.20. The van der Waals surface area contributed by atoms with Crippen LogP contribution in [-0.4, -0.2) is 30.9 Å². The number of rotatable bonds is 4. The van der Waals surface area contributed by atoms with Crippen molar-refractivity contribution in [3.8, 4) is 0 Å². The Balaban J connectivity index is 3.34. The number of halogens is 1. The molecule has 0 aromatic rings. The zero-order valence-electron chi connectivity index (χ0n) is 6.15. The monoisotopic (exact) mass is 147 g/mol. The molecule has 0 aromatic carbocycles. The summed E-state index contributed by atoms with van der Waals surface area (Å²) >= 11 is 5.53. The van der Waals surface area contributed by atoms with E-state index in [1.807, 2.05) is 0 Å². The Bertz CT molecular complexity index is 90.9. The molecular weight excluding hydrogens is 134 g/mol. The van der Waals surface area contributed by atoms with Gasteiger partial charge in [-0.05, 0) is 19.2 Å². The van der Waals surface area contributed by atoms with Gasteiger partial charge in [0.1, 0.15) is 0 Å². The van der Waals surface area contributed by atoms with Gasteiger partial charge in [-0.3, -0.25) is 0 Å². The lowest BCUT2D eigenvalue weighted by molar-refractivity contribution is 0.384. The third-order valence-electron chi connectivity index (χ3n) is 1.22. The molecule has 0 fully saturated rings. The second-order valence-electron chi connectivity index (χ2n) is 2.21. The third-order valence-corrected chi connectivity index (χ3v) is 1.60. The number of hydrogen-bond acceptors (Lipinski definition) is 1. The molecule has 0 atom stereocenters. The van der Waals surface area contributed by atoms with Crippen LogP contribution in [0.1, 0.15) is 6.92 Å². The fraction of sp³-hybridized carbons (Fsp3) is 0.714. The fourth-order valence-corrected chi connectivity index (χ4v) is 0.620. The van der Waals surface area contributed by atoms with Crippen LogP contribution in [0.15, 0.2) is 12.2 Å². The predicted molar refractivity (Wildman–Crippen MR) is 43.0 cm³/mol. The minimum absolute atomic E-state index is 0.574. The Morgan fingerprint density at radius 2 is 2.22 bits per heavy atom. The molecule has 0 radical (unpaired) electrons. The standard InChI is InChI=1S/C7H14ClN/c1-4-9(3)6-7(2)5-8/h2,4-6H2,1,3H3. The van der Waals surface area contributed by atoms with Gasteiger partial charge in [-0.2, -0.15) is 0 Å². The first-order chi connectivity index (χ1) is 4.20. The van der Waals surface area contributed by atoms with E-state index in [2.05, 4.69) is 25.5 Å². The van der Waals surface area contributed by atoms with Crippen molar-refractivity contribution in [1.29, 1.82) is 0 Å². The van der Waals surface area contributed by atoms with Crippen molar-refractivity contribution in [2.24, 2.45) is 0 Å². The molecule has 1 nitrogen and oxygen atoms in total. The van der Waals surface area contributed by atoms with Gasteiger partial charge in [0.25, 0.3) is 0 Å². The van der Waals surface area contributed by atoms with Crippen LogP contribution in [0.2, 0.25) is 0 Å². The Labute approximate surface area is 62.3 Å². The largest absolute Gasteiger partial charge is 0.303 e. The second kappa shape index (κ2) is 4.83. The predicted octanol–water partition coefficient (Wildman–Crippen LogP) is 1.73. The summed E-state index contributed by atoms with van der Waals surface area (Å²) in [6.45, 7) is 7.87. The van der Waals surface area contributed by atoms with Crippen LogP contribution in [-0.2, 0) is 0 Å². The van der Waals surface area contributed by atoms with E-state index in [-0.39, 0.29) is 0 Å². The molecule has 54 valence electrons. The maximum atomic E-state index is 5.53. The summed E-state index contributed by atoms with van der Waals surface area (Å²) in [4.78, 5) is 2.17. The zero-order chi connectivity index (χ0) is 7.28. The molecule has 2 heteroatoms. The summed E-state index contributed by atoms with van der Waals surface area (Å²) in [6.07, 6.45) is 0. The highest BCUT2D eigenvalue weighted by molar-refractivity contribution is 6.19. The van der Waals surface area contributed by atoms with Crippen LogP contribution in [0.5, 0.6) is 0 Å². The SMILES string of the molecule is C=C(CCl)CN(C)CC. The van der Waals surface area contributed by atoms with Crippen LogP contribution in [0.3, 0.4) is 0 Å². The molecule has 0 bridgehead atoms. The van der Waals surface area contributed by atoms with Crippen molar-refractivity contribution in [1.82, 2.24) is 4.90 Å². The van der Waals surface area contributed by atoms with Gasteiger partial charge < -0.3 is 4.90 Å². The minimum Gasteiger partial charge on any atom is -0.303 e. The summed E-state index contributed by atoms with van der Waals surface area (Å²) in [6, 6.07) is 0. The Morgan fingerprint density at radius 3 is 2.56 bits per heavy atom. The Hall–Kier alpha value is -0.0100. The molecule has 0 spiro atoms. The van der Waals surface area contributed by atoms with Crippen molar-refractivity contribution in [2.45, 2.75) is 6.92 Å². The van der Waals surface area contributed by atoms with Crippen LogP contribution >= 0.6 is 11.6 Å².